The number of rotatable bonds is 19. The third-order valence-corrected chi connectivity index (χ3v) is 7.73. The number of ether oxygens (including phenoxy) is 2. The summed E-state index contributed by atoms with van der Waals surface area (Å²) in [6, 6.07) is 4.83. The molecule has 2 aromatic heterocycles. The van der Waals surface area contributed by atoms with Gasteiger partial charge in [0, 0.05) is 30.1 Å². The molecule has 232 valence electrons. The Balaban J connectivity index is 1.28. The number of piperidine rings is 1. The van der Waals surface area contributed by atoms with E-state index in [4.69, 9.17) is 19.4 Å². The van der Waals surface area contributed by atoms with E-state index in [0.717, 1.165) is 87.4 Å². The van der Waals surface area contributed by atoms with E-state index in [1.807, 2.05) is 23.0 Å². The van der Waals surface area contributed by atoms with Crippen LogP contribution in [0.1, 0.15) is 64.5 Å². The number of anilines is 2. The quantitative estimate of drug-likeness (QED) is 0.133. The minimum atomic E-state index is 0.343. The maximum absolute atomic E-state index is 5.55. The summed E-state index contributed by atoms with van der Waals surface area (Å²) < 4.78 is 13.0. The fourth-order valence-electron chi connectivity index (χ4n) is 5.31. The van der Waals surface area contributed by atoms with Gasteiger partial charge < -0.3 is 36.1 Å². The highest BCUT2D eigenvalue weighted by Crippen LogP contribution is 2.35. The highest BCUT2D eigenvalue weighted by molar-refractivity contribution is 5.92. The van der Waals surface area contributed by atoms with Gasteiger partial charge >= 0.3 is 0 Å². The van der Waals surface area contributed by atoms with Crippen LogP contribution in [0.3, 0.4) is 0 Å². The van der Waals surface area contributed by atoms with Gasteiger partial charge in [-0.15, -0.1) is 5.10 Å². The molecule has 1 unspecified atom stereocenters. The summed E-state index contributed by atoms with van der Waals surface area (Å²) in [6.45, 7) is 10.9. The maximum atomic E-state index is 5.55. The number of nitrogens with one attached hydrogen (secondary N) is 5. The van der Waals surface area contributed by atoms with Crippen LogP contribution in [0, 0.1) is 0 Å². The fraction of sp³-hybridized carbons (Fsp3) is 0.667. The number of methoxy groups -OCH3 is 2. The van der Waals surface area contributed by atoms with Gasteiger partial charge in [0.2, 0.25) is 5.95 Å². The summed E-state index contributed by atoms with van der Waals surface area (Å²) in [4.78, 5) is 9.62. The SMILES string of the molecule is CCCC(CC)NCCCNCCCn1cc(CNc2nc(NC3CCNCC3)c3cc(OC)c(OC)cc3n2)nn1. The number of fused-ring (bicyclic) bond motifs is 1. The van der Waals surface area contributed by atoms with Crippen molar-refractivity contribution >= 4 is 22.7 Å². The highest BCUT2D eigenvalue weighted by atomic mass is 16.5. The molecule has 0 bridgehead atoms. The zero-order valence-electron chi connectivity index (χ0n) is 25.8. The van der Waals surface area contributed by atoms with E-state index in [9.17, 15) is 0 Å². The van der Waals surface area contributed by atoms with Crippen molar-refractivity contribution in [3.8, 4) is 11.5 Å². The van der Waals surface area contributed by atoms with Crippen LogP contribution in [0.5, 0.6) is 11.5 Å². The molecule has 0 aliphatic carbocycles. The molecule has 0 saturated carbocycles. The van der Waals surface area contributed by atoms with Crippen LogP contribution in [-0.2, 0) is 13.1 Å². The van der Waals surface area contributed by atoms with Crippen molar-refractivity contribution in [1.82, 2.24) is 40.9 Å². The molecule has 0 radical (unpaired) electrons. The van der Waals surface area contributed by atoms with Crippen molar-refractivity contribution in [2.75, 3.05) is 57.6 Å². The van der Waals surface area contributed by atoms with Crippen LogP contribution >= 0.6 is 0 Å². The molecule has 5 N–H and O–H groups in total. The summed E-state index contributed by atoms with van der Waals surface area (Å²) in [5, 5.41) is 27.2. The van der Waals surface area contributed by atoms with E-state index >= 15 is 0 Å². The molecule has 1 aliphatic rings. The first kappa shape index (κ1) is 31.7. The number of nitrogens with zero attached hydrogens (tertiary/aromatic N) is 5. The molecule has 3 heterocycles. The lowest BCUT2D eigenvalue weighted by molar-refractivity contribution is 0.356. The van der Waals surface area contributed by atoms with Crippen molar-refractivity contribution in [3.63, 3.8) is 0 Å². The fourth-order valence-corrected chi connectivity index (χ4v) is 5.31. The van der Waals surface area contributed by atoms with E-state index in [-0.39, 0.29) is 0 Å². The second-order valence-electron chi connectivity index (χ2n) is 10.9. The minimum absolute atomic E-state index is 0.343. The van der Waals surface area contributed by atoms with E-state index in [0.29, 0.717) is 36.1 Å². The van der Waals surface area contributed by atoms with Crippen LogP contribution in [0.2, 0.25) is 0 Å². The van der Waals surface area contributed by atoms with Gasteiger partial charge in [-0.3, -0.25) is 4.68 Å². The molecular weight excluding hydrogens is 532 g/mol. The van der Waals surface area contributed by atoms with Gasteiger partial charge in [0.15, 0.2) is 11.5 Å². The van der Waals surface area contributed by atoms with Crippen molar-refractivity contribution in [2.45, 2.75) is 84.0 Å². The second kappa shape index (κ2) is 17.0. The molecule has 1 atom stereocenters. The third-order valence-electron chi connectivity index (χ3n) is 7.73. The average Bonchev–Trinajstić information content (AvgIpc) is 3.48. The predicted octanol–water partition coefficient (Wildman–Crippen LogP) is 3.55. The van der Waals surface area contributed by atoms with Crippen molar-refractivity contribution in [3.05, 3.63) is 24.0 Å². The van der Waals surface area contributed by atoms with E-state index in [2.05, 4.69) is 50.7 Å². The normalized spacial score (nSPS) is 14.7. The van der Waals surface area contributed by atoms with Gasteiger partial charge in [0.05, 0.1) is 32.5 Å². The topological polar surface area (TPSA) is 135 Å². The number of aromatic nitrogens is 5. The first-order valence-electron chi connectivity index (χ1n) is 15.6. The lowest BCUT2D eigenvalue weighted by Crippen LogP contribution is -2.35. The number of aryl methyl sites for hydroxylation is 1. The van der Waals surface area contributed by atoms with Gasteiger partial charge in [0.25, 0.3) is 0 Å². The van der Waals surface area contributed by atoms with Gasteiger partial charge in [-0.25, -0.2) is 4.98 Å². The Kier molecular flexibility index (Phi) is 12.9. The standard InChI is InChI=1S/C30H50N10O2/c1-5-9-22(6-2)33-14-7-12-31-13-8-17-40-21-24(38-39-40)20-34-30-36-26-19-28(42-4)27(41-3)18-25(26)29(37-30)35-23-10-15-32-16-11-23/h18-19,21-23,31-33H,5-17,20H2,1-4H3,(H2,34,35,36,37). The maximum Gasteiger partial charge on any atom is 0.225 e. The Labute approximate surface area is 250 Å². The summed E-state index contributed by atoms with van der Waals surface area (Å²) in [6.07, 6.45) is 9.91. The highest BCUT2D eigenvalue weighted by Gasteiger charge is 2.18. The molecule has 12 nitrogen and oxygen atoms in total. The van der Waals surface area contributed by atoms with E-state index < -0.39 is 0 Å². The van der Waals surface area contributed by atoms with Crippen molar-refractivity contribution < 1.29 is 9.47 Å². The Morgan fingerprint density at radius 1 is 1.02 bits per heavy atom. The zero-order valence-corrected chi connectivity index (χ0v) is 25.8. The number of hydrogen-bond donors (Lipinski definition) is 5. The number of hydrogen-bond acceptors (Lipinski definition) is 11. The Morgan fingerprint density at radius 2 is 1.81 bits per heavy atom. The summed E-state index contributed by atoms with van der Waals surface area (Å²) in [7, 11) is 3.27. The summed E-state index contributed by atoms with van der Waals surface area (Å²) in [5.41, 5.74) is 1.62. The molecule has 12 heteroatoms. The first-order valence-corrected chi connectivity index (χ1v) is 15.6. The minimum Gasteiger partial charge on any atom is -0.493 e. The number of benzene rings is 1. The van der Waals surface area contributed by atoms with Crippen LogP contribution in [-0.4, -0.2) is 84.0 Å². The van der Waals surface area contributed by atoms with E-state index in [1.54, 1.807) is 14.2 Å². The predicted molar refractivity (Wildman–Crippen MR) is 169 cm³/mol. The first-order chi connectivity index (χ1) is 20.6. The Morgan fingerprint density at radius 3 is 2.57 bits per heavy atom. The molecule has 0 spiro atoms. The summed E-state index contributed by atoms with van der Waals surface area (Å²) >= 11 is 0. The van der Waals surface area contributed by atoms with Gasteiger partial charge in [-0.1, -0.05) is 25.5 Å². The molecule has 0 amide bonds. The molecule has 1 fully saturated rings. The molecule has 4 rings (SSSR count). The van der Waals surface area contributed by atoms with Gasteiger partial charge in [0.1, 0.15) is 11.5 Å². The largest absolute Gasteiger partial charge is 0.493 e. The van der Waals surface area contributed by atoms with Crippen LogP contribution < -0.4 is 36.1 Å². The molecule has 1 aromatic carbocycles. The Hall–Kier alpha value is -3.22. The van der Waals surface area contributed by atoms with Crippen LogP contribution in [0.25, 0.3) is 10.9 Å². The monoisotopic (exact) mass is 582 g/mol. The van der Waals surface area contributed by atoms with Gasteiger partial charge in [-0.2, -0.15) is 4.98 Å². The molecule has 3 aromatic rings. The Bertz CT molecular complexity index is 1210. The average molecular weight is 583 g/mol. The van der Waals surface area contributed by atoms with Crippen LogP contribution in [0.15, 0.2) is 18.3 Å². The van der Waals surface area contributed by atoms with Gasteiger partial charge in [-0.05, 0) is 77.3 Å². The molecule has 1 aliphatic heterocycles. The van der Waals surface area contributed by atoms with Crippen LogP contribution in [0.4, 0.5) is 11.8 Å². The molecule has 42 heavy (non-hydrogen) atoms. The third kappa shape index (κ3) is 9.40. The molecule has 1 saturated heterocycles. The zero-order chi connectivity index (χ0) is 29.6. The summed E-state index contributed by atoms with van der Waals surface area (Å²) in [5.74, 6) is 2.60. The lowest BCUT2D eigenvalue weighted by atomic mass is 10.1. The van der Waals surface area contributed by atoms with E-state index in [1.165, 1.54) is 19.3 Å². The lowest BCUT2D eigenvalue weighted by Gasteiger charge is -2.25. The van der Waals surface area contributed by atoms with Crippen molar-refractivity contribution in [2.24, 2.45) is 0 Å². The second-order valence-corrected chi connectivity index (χ2v) is 10.9. The molecular formula is C30H50N10O2. The van der Waals surface area contributed by atoms with Crippen molar-refractivity contribution in [1.29, 1.82) is 0 Å². The smallest absolute Gasteiger partial charge is 0.225 e.